The lowest BCUT2D eigenvalue weighted by molar-refractivity contribution is 0.0949. The maximum atomic E-state index is 12.4. The normalized spacial score (nSPS) is 12.2. The van der Waals surface area contributed by atoms with Gasteiger partial charge in [0.25, 0.3) is 5.91 Å². The predicted octanol–water partition coefficient (Wildman–Crippen LogP) is 2.82. The van der Waals surface area contributed by atoms with Crippen LogP contribution < -0.4 is 10.6 Å². The summed E-state index contributed by atoms with van der Waals surface area (Å²) in [7, 11) is 0. The number of nitrogens with zero attached hydrogens (tertiary/aromatic N) is 2. The second kappa shape index (κ2) is 8.13. The van der Waals surface area contributed by atoms with Crippen LogP contribution in [0, 0.1) is 0 Å². The highest BCUT2D eigenvalue weighted by Gasteiger charge is 2.17. The fourth-order valence-corrected chi connectivity index (χ4v) is 2.68. The van der Waals surface area contributed by atoms with Crippen molar-refractivity contribution < 1.29 is 4.79 Å². The third-order valence-corrected chi connectivity index (χ3v) is 3.86. The summed E-state index contributed by atoms with van der Waals surface area (Å²) in [5, 5.41) is 11.2. The van der Waals surface area contributed by atoms with E-state index < -0.39 is 0 Å². The minimum absolute atomic E-state index is 0.0973. The Bertz CT molecular complexity index is 668. The molecule has 0 aliphatic carbocycles. The van der Waals surface area contributed by atoms with E-state index in [1.165, 1.54) is 0 Å². The molecule has 0 bridgehead atoms. The van der Waals surface area contributed by atoms with Crippen molar-refractivity contribution in [1.29, 1.82) is 0 Å². The fraction of sp³-hybridized carbons (Fsp3) is 0.412. The minimum Gasteiger partial charge on any atom is -0.350 e. The van der Waals surface area contributed by atoms with Gasteiger partial charge in [-0.05, 0) is 38.1 Å². The molecule has 1 atom stereocenters. The summed E-state index contributed by atoms with van der Waals surface area (Å²) in [6.45, 7) is 7.56. The van der Waals surface area contributed by atoms with Gasteiger partial charge in [-0.1, -0.05) is 31.5 Å². The first kappa shape index (κ1) is 17.5. The van der Waals surface area contributed by atoms with Gasteiger partial charge in [0.1, 0.15) is 0 Å². The summed E-state index contributed by atoms with van der Waals surface area (Å²) in [6, 6.07) is 7.68. The number of amides is 1. The predicted molar refractivity (Wildman–Crippen MR) is 93.4 cm³/mol. The molecule has 5 nitrogen and oxygen atoms in total. The summed E-state index contributed by atoms with van der Waals surface area (Å²) >= 11 is 6.05. The van der Waals surface area contributed by atoms with E-state index in [0.29, 0.717) is 23.6 Å². The smallest absolute Gasteiger partial charge is 0.254 e. The monoisotopic (exact) mass is 334 g/mol. The zero-order valence-corrected chi connectivity index (χ0v) is 14.5. The van der Waals surface area contributed by atoms with E-state index in [0.717, 1.165) is 17.9 Å². The Balaban J connectivity index is 2.19. The van der Waals surface area contributed by atoms with Crippen LogP contribution in [0.5, 0.6) is 0 Å². The molecule has 0 spiro atoms. The Morgan fingerprint density at radius 1 is 1.39 bits per heavy atom. The van der Waals surface area contributed by atoms with E-state index in [9.17, 15) is 4.79 Å². The quantitative estimate of drug-likeness (QED) is 0.818. The van der Waals surface area contributed by atoms with Crippen LogP contribution in [-0.4, -0.2) is 34.8 Å². The first-order valence-corrected chi connectivity index (χ1v) is 8.29. The van der Waals surface area contributed by atoms with Crippen molar-refractivity contribution >= 4 is 17.5 Å². The van der Waals surface area contributed by atoms with Crippen LogP contribution in [0.15, 0.2) is 30.5 Å². The van der Waals surface area contributed by atoms with Gasteiger partial charge in [0.15, 0.2) is 0 Å². The molecule has 0 radical (unpaired) electrons. The van der Waals surface area contributed by atoms with Gasteiger partial charge in [0.05, 0.1) is 23.1 Å². The van der Waals surface area contributed by atoms with Gasteiger partial charge in [-0.25, -0.2) is 4.68 Å². The highest BCUT2D eigenvalue weighted by molar-refractivity contribution is 6.30. The molecular weight excluding hydrogens is 312 g/mol. The molecule has 0 fully saturated rings. The van der Waals surface area contributed by atoms with Crippen molar-refractivity contribution in [2.75, 3.05) is 13.1 Å². The standard InChI is InChI=1S/C17H23ClN4O/c1-4-16-15(17(23)20-10-12(3)19-5-2)11-21-22(16)14-8-6-7-13(18)9-14/h6-9,11-12,19H,4-5,10H2,1-3H3,(H,20,23)/t12-/m1/s1. The second-order valence-electron chi connectivity index (χ2n) is 5.42. The van der Waals surface area contributed by atoms with Crippen LogP contribution in [0.25, 0.3) is 5.69 Å². The van der Waals surface area contributed by atoms with Crippen LogP contribution in [-0.2, 0) is 6.42 Å². The Morgan fingerprint density at radius 3 is 2.83 bits per heavy atom. The van der Waals surface area contributed by atoms with E-state index >= 15 is 0 Å². The van der Waals surface area contributed by atoms with Crippen LogP contribution in [0.3, 0.4) is 0 Å². The number of hydrogen-bond donors (Lipinski definition) is 2. The third kappa shape index (κ3) is 4.33. The summed E-state index contributed by atoms with van der Waals surface area (Å²) in [6.07, 6.45) is 2.32. The number of halogens is 1. The maximum absolute atomic E-state index is 12.4. The summed E-state index contributed by atoms with van der Waals surface area (Å²) in [4.78, 5) is 12.4. The lowest BCUT2D eigenvalue weighted by atomic mass is 10.2. The number of carbonyl (C=O) groups excluding carboxylic acids is 1. The molecule has 0 unspecified atom stereocenters. The molecule has 6 heteroatoms. The number of benzene rings is 1. The zero-order valence-electron chi connectivity index (χ0n) is 13.8. The minimum atomic E-state index is -0.0973. The average molecular weight is 335 g/mol. The van der Waals surface area contributed by atoms with Crippen molar-refractivity contribution in [2.45, 2.75) is 33.2 Å². The van der Waals surface area contributed by atoms with Gasteiger partial charge < -0.3 is 10.6 Å². The molecular formula is C17H23ClN4O. The molecule has 23 heavy (non-hydrogen) atoms. The molecule has 1 aromatic carbocycles. The molecule has 0 aliphatic heterocycles. The molecule has 0 aliphatic rings. The van der Waals surface area contributed by atoms with Gasteiger partial charge >= 0.3 is 0 Å². The van der Waals surface area contributed by atoms with Crippen LogP contribution >= 0.6 is 11.6 Å². The highest BCUT2D eigenvalue weighted by Crippen LogP contribution is 2.19. The first-order valence-electron chi connectivity index (χ1n) is 7.91. The largest absolute Gasteiger partial charge is 0.350 e. The lowest BCUT2D eigenvalue weighted by Gasteiger charge is -2.13. The van der Waals surface area contributed by atoms with Crippen LogP contribution in [0.4, 0.5) is 0 Å². The van der Waals surface area contributed by atoms with Gasteiger partial charge in [0.2, 0.25) is 0 Å². The molecule has 1 amide bonds. The molecule has 1 heterocycles. The Kier molecular flexibility index (Phi) is 6.19. The molecule has 2 rings (SSSR count). The Hall–Kier alpha value is -1.85. The van der Waals surface area contributed by atoms with Crippen LogP contribution in [0.1, 0.15) is 36.8 Å². The van der Waals surface area contributed by atoms with E-state index in [-0.39, 0.29) is 11.9 Å². The Labute approximate surface area is 142 Å². The van der Waals surface area contributed by atoms with Gasteiger partial charge in [-0.2, -0.15) is 5.10 Å². The molecule has 1 aromatic heterocycles. The topological polar surface area (TPSA) is 58.9 Å². The van der Waals surface area contributed by atoms with Crippen molar-refractivity contribution in [1.82, 2.24) is 20.4 Å². The van der Waals surface area contributed by atoms with Gasteiger partial charge in [-0.3, -0.25) is 4.79 Å². The summed E-state index contributed by atoms with van der Waals surface area (Å²) in [5.74, 6) is -0.0973. The number of carbonyl (C=O) groups is 1. The lowest BCUT2D eigenvalue weighted by Crippen LogP contribution is -2.39. The van der Waals surface area contributed by atoms with E-state index in [2.05, 4.69) is 15.7 Å². The van der Waals surface area contributed by atoms with E-state index in [4.69, 9.17) is 11.6 Å². The van der Waals surface area contributed by atoms with Crippen molar-refractivity contribution in [2.24, 2.45) is 0 Å². The summed E-state index contributed by atoms with van der Waals surface area (Å²) in [5.41, 5.74) is 2.34. The zero-order chi connectivity index (χ0) is 16.8. The molecule has 2 aromatic rings. The maximum Gasteiger partial charge on any atom is 0.254 e. The highest BCUT2D eigenvalue weighted by atomic mass is 35.5. The first-order chi connectivity index (χ1) is 11.1. The number of aromatic nitrogens is 2. The van der Waals surface area contributed by atoms with Crippen molar-refractivity contribution in [3.63, 3.8) is 0 Å². The number of rotatable bonds is 7. The molecule has 124 valence electrons. The van der Waals surface area contributed by atoms with E-state index in [1.54, 1.807) is 10.9 Å². The van der Waals surface area contributed by atoms with E-state index in [1.807, 2.05) is 45.0 Å². The second-order valence-corrected chi connectivity index (χ2v) is 5.86. The number of likely N-dealkylation sites (N-methyl/N-ethyl adjacent to an activating group) is 1. The number of nitrogens with one attached hydrogen (secondary N) is 2. The molecule has 0 saturated heterocycles. The van der Waals surface area contributed by atoms with Crippen LogP contribution in [0.2, 0.25) is 5.02 Å². The third-order valence-electron chi connectivity index (χ3n) is 3.62. The van der Waals surface area contributed by atoms with Crippen molar-refractivity contribution in [3.05, 3.63) is 46.7 Å². The van der Waals surface area contributed by atoms with Crippen molar-refractivity contribution in [3.8, 4) is 5.69 Å². The number of hydrogen-bond acceptors (Lipinski definition) is 3. The fourth-order valence-electron chi connectivity index (χ4n) is 2.50. The Morgan fingerprint density at radius 2 is 2.17 bits per heavy atom. The molecule has 0 saturated carbocycles. The van der Waals surface area contributed by atoms with Gasteiger partial charge in [-0.15, -0.1) is 0 Å². The summed E-state index contributed by atoms with van der Waals surface area (Å²) < 4.78 is 1.77. The SMILES string of the molecule is CCN[C@H](C)CNC(=O)c1cnn(-c2cccc(Cl)c2)c1CC. The van der Waals surface area contributed by atoms with Gasteiger partial charge in [0, 0.05) is 17.6 Å². The average Bonchev–Trinajstić information content (AvgIpc) is 2.97. The molecule has 2 N–H and O–H groups in total.